The Morgan fingerprint density at radius 1 is 1.00 bits per heavy atom. The van der Waals surface area contributed by atoms with E-state index in [1.54, 1.807) is 0 Å². The van der Waals surface area contributed by atoms with E-state index in [-0.39, 0.29) is 0 Å². The minimum absolute atomic E-state index is 1.04. The van der Waals surface area contributed by atoms with Gasteiger partial charge in [-0.15, -0.1) is 0 Å². The molecular weight excluding hydrogens is 254 g/mol. The summed E-state index contributed by atoms with van der Waals surface area (Å²) in [6.07, 6.45) is 2.23. The number of nitrogens with zero attached hydrogens (tertiary/aromatic N) is 1. The lowest BCUT2D eigenvalue weighted by molar-refractivity contribution is 0.865. The van der Waals surface area contributed by atoms with Crippen LogP contribution in [0.3, 0.4) is 0 Å². The second-order valence-electron chi connectivity index (χ2n) is 5.56. The van der Waals surface area contributed by atoms with Crippen LogP contribution in [-0.4, -0.2) is 13.1 Å². The number of hydrogen-bond donors (Lipinski definition) is 0. The fraction of sp³-hybridized carbons (Fsp3) is 0.300. The van der Waals surface area contributed by atoms with E-state index < -0.39 is 0 Å². The maximum Gasteiger partial charge on any atom is 0.0369 e. The van der Waals surface area contributed by atoms with E-state index in [0.29, 0.717) is 0 Å². The molecule has 0 heterocycles. The average molecular weight is 279 g/mol. The largest absolute Gasteiger partial charge is 0.372 e. The highest BCUT2D eigenvalue weighted by molar-refractivity contribution is 5.60. The highest BCUT2D eigenvalue weighted by Crippen LogP contribution is 2.19. The fourth-order valence-corrected chi connectivity index (χ4v) is 2.65. The summed E-state index contributed by atoms with van der Waals surface area (Å²) in [6.45, 7) is 14.9. The summed E-state index contributed by atoms with van der Waals surface area (Å²) < 4.78 is 0. The molecule has 0 aliphatic rings. The van der Waals surface area contributed by atoms with Crippen molar-refractivity contribution in [3.8, 4) is 0 Å². The molecule has 2 aromatic carbocycles. The van der Waals surface area contributed by atoms with Crippen LogP contribution in [0.25, 0.3) is 12.7 Å². The van der Waals surface area contributed by atoms with Crippen molar-refractivity contribution >= 4 is 18.3 Å². The Balaban J connectivity index is 2.44. The Morgan fingerprint density at radius 3 is 2.29 bits per heavy atom. The third kappa shape index (κ3) is 3.55. The van der Waals surface area contributed by atoms with Gasteiger partial charge in [0.2, 0.25) is 0 Å². The lowest BCUT2D eigenvalue weighted by Crippen LogP contribution is -2.23. The molecule has 0 atom stereocenters. The van der Waals surface area contributed by atoms with Crippen molar-refractivity contribution in [1.82, 2.24) is 0 Å². The van der Waals surface area contributed by atoms with E-state index in [9.17, 15) is 0 Å². The van der Waals surface area contributed by atoms with Gasteiger partial charge in [-0.05, 0) is 67.5 Å². The number of benzene rings is 2. The highest BCUT2D eigenvalue weighted by atomic mass is 15.1. The quantitative estimate of drug-likeness (QED) is 0.829. The van der Waals surface area contributed by atoms with Crippen molar-refractivity contribution in [2.24, 2.45) is 0 Å². The van der Waals surface area contributed by atoms with Crippen LogP contribution in [0.2, 0.25) is 0 Å². The molecule has 1 heteroatoms. The Bertz CT molecular complexity index is 724. The van der Waals surface area contributed by atoms with Gasteiger partial charge in [0.15, 0.2) is 0 Å². The van der Waals surface area contributed by atoms with Crippen molar-refractivity contribution in [3.05, 3.63) is 63.5 Å². The smallest absolute Gasteiger partial charge is 0.0369 e. The van der Waals surface area contributed by atoms with Gasteiger partial charge in [0.1, 0.15) is 0 Å². The van der Waals surface area contributed by atoms with Crippen LogP contribution in [0.1, 0.15) is 30.5 Å². The van der Waals surface area contributed by atoms with E-state index in [0.717, 1.165) is 18.3 Å². The number of aryl methyl sites for hydroxylation is 2. The van der Waals surface area contributed by atoms with Gasteiger partial charge in [-0.3, -0.25) is 0 Å². The summed E-state index contributed by atoms with van der Waals surface area (Å²) in [7, 11) is 0. The summed E-state index contributed by atoms with van der Waals surface area (Å²) >= 11 is 0. The van der Waals surface area contributed by atoms with Crippen molar-refractivity contribution in [1.29, 1.82) is 0 Å². The van der Waals surface area contributed by atoms with Gasteiger partial charge in [0.05, 0.1) is 0 Å². The van der Waals surface area contributed by atoms with Crippen molar-refractivity contribution in [2.75, 3.05) is 18.0 Å². The molecule has 0 aliphatic carbocycles. The van der Waals surface area contributed by atoms with Gasteiger partial charge in [0, 0.05) is 18.8 Å². The van der Waals surface area contributed by atoms with Crippen LogP contribution in [-0.2, 0) is 0 Å². The molecule has 0 spiro atoms. The summed E-state index contributed by atoms with van der Waals surface area (Å²) in [6, 6.07) is 13.1. The molecule has 21 heavy (non-hydrogen) atoms. The van der Waals surface area contributed by atoms with Crippen LogP contribution < -0.4 is 15.3 Å². The lowest BCUT2D eigenvalue weighted by Gasteiger charge is -2.21. The molecule has 2 aromatic rings. The zero-order valence-electron chi connectivity index (χ0n) is 13.6. The molecule has 0 aliphatic heterocycles. The molecule has 0 amide bonds. The zero-order valence-corrected chi connectivity index (χ0v) is 13.6. The SMILES string of the molecule is C=c1cc(C)cc/c1=C/c1ccc(N(CC)CC)cc1C. The standard InChI is InChI=1S/C20H25N/c1-6-21(7-2)20-11-10-19(17(5)13-20)14-18-9-8-15(3)12-16(18)4/h8-14H,4,6-7H2,1-3,5H3/b18-14-. The highest BCUT2D eigenvalue weighted by Gasteiger charge is 2.03. The third-order valence-electron chi connectivity index (χ3n) is 3.99. The average Bonchev–Trinajstić information content (AvgIpc) is 2.45. The Kier molecular flexibility index (Phi) is 4.85. The molecule has 0 unspecified atom stereocenters. The summed E-state index contributed by atoms with van der Waals surface area (Å²) in [5.74, 6) is 0. The number of rotatable bonds is 4. The van der Waals surface area contributed by atoms with E-state index >= 15 is 0 Å². The molecule has 0 aromatic heterocycles. The molecule has 1 nitrogen and oxygen atoms in total. The molecule has 2 rings (SSSR count). The molecule has 0 saturated heterocycles. The van der Waals surface area contributed by atoms with Crippen molar-refractivity contribution in [2.45, 2.75) is 27.7 Å². The van der Waals surface area contributed by atoms with Crippen LogP contribution in [0.4, 0.5) is 5.69 Å². The molecule has 0 fully saturated rings. The minimum Gasteiger partial charge on any atom is -0.372 e. The third-order valence-corrected chi connectivity index (χ3v) is 3.99. The number of anilines is 1. The van der Waals surface area contributed by atoms with Crippen molar-refractivity contribution < 1.29 is 0 Å². The molecule has 0 saturated carbocycles. The van der Waals surface area contributed by atoms with Crippen LogP contribution >= 0.6 is 0 Å². The topological polar surface area (TPSA) is 3.24 Å². The Hall–Kier alpha value is -2.02. The summed E-state index contributed by atoms with van der Waals surface area (Å²) in [4.78, 5) is 2.37. The van der Waals surface area contributed by atoms with Gasteiger partial charge in [-0.1, -0.05) is 36.4 Å². The van der Waals surface area contributed by atoms with Crippen LogP contribution in [0.15, 0.2) is 36.4 Å². The first-order chi connectivity index (χ1) is 10.0. The van der Waals surface area contributed by atoms with Crippen LogP contribution in [0, 0.1) is 13.8 Å². The van der Waals surface area contributed by atoms with Gasteiger partial charge in [0.25, 0.3) is 0 Å². The second kappa shape index (κ2) is 6.62. The first-order valence-electron chi connectivity index (χ1n) is 7.68. The predicted octanol–water partition coefficient (Wildman–Crippen LogP) is 3.39. The van der Waals surface area contributed by atoms with E-state index in [4.69, 9.17) is 0 Å². The summed E-state index contributed by atoms with van der Waals surface area (Å²) in [5, 5.41) is 2.28. The zero-order chi connectivity index (χ0) is 15.4. The minimum atomic E-state index is 1.04. The van der Waals surface area contributed by atoms with Gasteiger partial charge >= 0.3 is 0 Å². The molecular formula is C20H25N. The first-order valence-corrected chi connectivity index (χ1v) is 7.68. The maximum atomic E-state index is 4.14. The van der Waals surface area contributed by atoms with E-state index in [1.807, 2.05) is 0 Å². The normalized spacial score (nSPS) is 11.7. The van der Waals surface area contributed by atoms with Gasteiger partial charge < -0.3 is 4.90 Å². The monoisotopic (exact) mass is 279 g/mol. The fourth-order valence-electron chi connectivity index (χ4n) is 2.65. The first kappa shape index (κ1) is 15.4. The van der Waals surface area contributed by atoms with E-state index in [2.05, 4.69) is 81.6 Å². The Labute approximate surface area is 128 Å². The van der Waals surface area contributed by atoms with Crippen LogP contribution in [0.5, 0.6) is 0 Å². The molecule has 0 radical (unpaired) electrons. The Morgan fingerprint density at radius 2 is 1.71 bits per heavy atom. The maximum absolute atomic E-state index is 4.14. The second-order valence-corrected chi connectivity index (χ2v) is 5.56. The molecule has 110 valence electrons. The molecule has 0 N–H and O–H groups in total. The summed E-state index contributed by atoms with van der Waals surface area (Å²) in [5.41, 5.74) is 5.12. The van der Waals surface area contributed by atoms with Gasteiger partial charge in [-0.2, -0.15) is 0 Å². The van der Waals surface area contributed by atoms with Gasteiger partial charge in [-0.25, -0.2) is 0 Å². The number of hydrogen-bond acceptors (Lipinski definition) is 1. The van der Waals surface area contributed by atoms with E-state index in [1.165, 1.54) is 27.6 Å². The van der Waals surface area contributed by atoms with Crippen molar-refractivity contribution in [3.63, 3.8) is 0 Å². The lowest BCUT2D eigenvalue weighted by atomic mass is 10.0. The predicted molar refractivity (Wildman–Crippen MR) is 94.3 cm³/mol. The molecule has 0 bridgehead atoms.